The Balaban J connectivity index is 2.71. The number of aldehydes is 1. The fourth-order valence-corrected chi connectivity index (χ4v) is 1.81. The summed E-state index contributed by atoms with van der Waals surface area (Å²) >= 11 is 0. The Kier molecular flexibility index (Phi) is 4.88. The average Bonchev–Trinajstić information content (AvgIpc) is 2.30. The van der Waals surface area contributed by atoms with E-state index >= 15 is 0 Å². The van der Waals surface area contributed by atoms with Crippen molar-refractivity contribution >= 4 is 6.29 Å². The Bertz CT molecular complexity index is 352. The molecular formula is C15H22O2. The first-order valence-electron chi connectivity index (χ1n) is 6.06. The van der Waals surface area contributed by atoms with Crippen LogP contribution < -0.4 is 0 Å². The maximum Gasteiger partial charge on any atom is 0.120 e. The molecule has 2 nitrogen and oxygen atoms in total. The van der Waals surface area contributed by atoms with Crippen molar-refractivity contribution in [2.45, 2.75) is 45.1 Å². The molecule has 1 rings (SSSR count). The molecule has 94 valence electrons. The molecule has 0 aliphatic heterocycles. The van der Waals surface area contributed by atoms with Crippen molar-refractivity contribution in [3.8, 4) is 0 Å². The fourth-order valence-electron chi connectivity index (χ4n) is 1.81. The highest BCUT2D eigenvalue weighted by Gasteiger charge is 2.16. The molecule has 0 fully saturated rings. The molecule has 0 aromatic heterocycles. The number of hydrogen-bond acceptors (Lipinski definition) is 2. The van der Waals surface area contributed by atoms with Gasteiger partial charge in [-0.05, 0) is 30.9 Å². The lowest BCUT2D eigenvalue weighted by Crippen LogP contribution is -2.25. The summed E-state index contributed by atoms with van der Waals surface area (Å²) in [6, 6.07) is 8.46. The lowest BCUT2D eigenvalue weighted by atomic mass is 9.94. The second-order valence-electron chi connectivity index (χ2n) is 5.19. The van der Waals surface area contributed by atoms with Crippen LogP contribution in [0.15, 0.2) is 24.3 Å². The fraction of sp³-hybridized carbons (Fsp3) is 0.533. The van der Waals surface area contributed by atoms with E-state index in [-0.39, 0.29) is 5.60 Å². The zero-order chi connectivity index (χ0) is 12.9. The Morgan fingerprint density at radius 2 is 1.88 bits per heavy atom. The van der Waals surface area contributed by atoms with Gasteiger partial charge in [-0.15, -0.1) is 0 Å². The summed E-state index contributed by atoms with van der Waals surface area (Å²) in [6.45, 7) is 6.23. The van der Waals surface area contributed by atoms with E-state index in [0.29, 0.717) is 12.3 Å². The zero-order valence-electron chi connectivity index (χ0n) is 11.2. The number of methoxy groups -OCH3 is 1. The van der Waals surface area contributed by atoms with Crippen molar-refractivity contribution in [2.75, 3.05) is 7.11 Å². The first-order valence-corrected chi connectivity index (χ1v) is 6.06. The molecular weight excluding hydrogens is 212 g/mol. The highest BCUT2D eigenvalue weighted by atomic mass is 16.5. The van der Waals surface area contributed by atoms with Crippen LogP contribution in [0.2, 0.25) is 0 Å². The van der Waals surface area contributed by atoms with Gasteiger partial charge < -0.3 is 9.53 Å². The van der Waals surface area contributed by atoms with Gasteiger partial charge in [0, 0.05) is 20.0 Å². The second-order valence-corrected chi connectivity index (χ2v) is 5.19. The van der Waals surface area contributed by atoms with Crippen molar-refractivity contribution in [1.82, 2.24) is 0 Å². The number of carbonyl (C=O) groups excluding carboxylic acids is 1. The Morgan fingerprint density at radius 3 is 2.35 bits per heavy atom. The van der Waals surface area contributed by atoms with E-state index in [9.17, 15) is 4.79 Å². The van der Waals surface area contributed by atoms with E-state index in [1.165, 1.54) is 11.1 Å². The molecule has 0 saturated heterocycles. The van der Waals surface area contributed by atoms with Crippen molar-refractivity contribution in [2.24, 2.45) is 0 Å². The Labute approximate surface area is 104 Å². The minimum Gasteiger partial charge on any atom is -0.378 e. The molecule has 0 radical (unpaired) electrons. The zero-order valence-corrected chi connectivity index (χ0v) is 11.2. The van der Waals surface area contributed by atoms with Crippen LogP contribution in [0.1, 0.15) is 44.2 Å². The van der Waals surface area contributed by atoms with Gasteiger partial charge in [0.15, 0.2) is 0 Å². The SMILES string of the molecule is COC(C)(C)Cc1ccc(C(C)CC=O)cc1. The van der Waals surface area contributed by atoms with Crippen LogP contribution in [0, 0.1) is 0 Å². The van der Waals surface area contributed by atoms with Crippen LogP contribution in [0.4, 0.5) is 0 Å². The van der Waals surface area contributed by atoms with Gasteiger partial charge in [0.1, 0.15) is 6.29 Å². The molecule has 1 aromatic rings. The first kappa shape index (κ1) is 13.9. The summed E-state index contributed by atoms with van der Waals surface area (Å²) in [5.41, 5.74) is 2.35. The van der Waals surface area contributed by atoms with Gasteiger partial charge in [-0.3, -0.25) is 0 Å². The van der Waals surface area contributed by atoms with Gasteiger partial charge >= 0.3 is 0 Å². The standard InChI is InChI=1S/C15H22O2/c1-12(9-10-16)14-7-5-13(6-8-14)11-15(2,3)17-4/h5-8,10,12H,9,11H2,1-4H3. The van der Waals surface area contributed by atoms with Gasteiger partial charge in [-0.2, -0.15) is 0 Å². The molecule has 0 heterocycles. The van der Waals surface area contributed by atoms with E-state index in [0.717, 1.165) is 12.7 Å². The van der Waals surface area contributed by atoms with Crippen LogP contribution in [-0.4, -0.2) is 19.0 Å². The topological polar surface area (TPSA) is 26.3 Å². The lowest BCUT2D eigenvalue weighted by molar-refractivity contribution is -0.108. The molecule has 0 aliphatic carbocycles. The predicted octanol–water partition coefficient (Wildman–Crippen LogP) is 3.35. The normalized spacial score (nSPS) is 13.4. The minimum atomic E-state index is -0.129. The summed E-state index contributed by atoms with van der Waals surface area (Å²) in [4.78, 5) is 10.5. The molecule has 0 amide bonds. The summed E-state index contributed by atoms with van der Waals surface area (Å²) in [5, 5.41) is 0. The van der Waals surface area contributed by atoms with Gasteiger partial charge in [-0.25, -0.2) is 0 Å². The molecule has 0 N–H and O–H groups in total. The summed E-state index contributed by atoms with van der Waals surface area (Å²) in [6.07, 6.45) is 2.46. The lowest BCUT2D eigenvalue weighted by Gasteiger charge is -2.23. The highest BCUT2D eigenvalue weighted by Crippen LogP contribution is 2.21. The van der Waals surface area contributed by atoms with E-state index in [4.69, 9.17) is 4.74 Å². The number of hydrogen-bond donors (Lipinski definition) is 0. The quantitative estimate of drug-likeness (QED) is 0.706. The molecule has 0 aliphatic rings. The molecule has 2 heteroatoms. The predicted molar refractivity (Wildman–Crippen MR) is 70.3 cm³/mol. The molecule has 0 bridgehead atoms. The third-order valence-electron chi connectivity index (χ3n) is 3.18. The number of benzene rings is 1. The largest absolute Gasteiger partial charge is 0.378 e. The first-order chi connectivity index (χ1) is 7.98. The molecule has 1 unspecified atom stereocenters. The number of rotatable bonds is 6. The van der Waals surface area contributed by atoms with Crippen molar-refractivity contribution in [1.29, 1.82) is 0 Å². The highest BCUT2D eigenvalue weighted by molar-refractivity contribution is 5.51. The second kappa shape index (κ2) is 5.97. The number of ether oxygens (including phenoxy) is 1. The average molecular weight is 234 g/mol. The minimum absolute atomic E-state index is 0.129. The Hall–Kier alpha value is -1.15. The Morgan fingerprint density at radius 1 is 1.29 bits per heavy atom. The summed E-state index contributed by atoms with van der Waals surface area (Å²) in [5.74, 6) is 0.303. The van der Waals surface area contributed by atoms with E-state index in [1.807, 2.05) is 0 Å². The van der Waals surface area contributed by atoms with Gasteiger partial charge in [0.25, 0.3) is 0 Å². The maximum absolute atomic E-state index is 10.5. The molecule has 0 saturated carbocycles. The van der Waals surface area contributed by atoms with Crippen molar-refractivity contribution in [3.05, 3.63) is 35.4 Å². The van der Waals surface area contributed by atoms with Crippen LogP contribution >= 0.6 is 0 Å². The monoisotopic (exact) mass is 234 g/mol. The number of carbonyl (C=O) groups is 1. The van der Waals surface area contributed by atoms with Gasteiger partial charge in [0.2, 0.25) is 0 Å². The van der Waals surface area contributed by atoms with Gasteiger partial charge in [-0.1, -0.05) is 31.2 Å². The molecule has 17 heavy (non-hydrogen) atoms. The third kappa shape index (κ3) is 4.31. The van der Waals surface area contributed by atoms with Crippen LogP contribution in [0.5, 0.6) is 0 Å². The van der Waals surface area contributed by atoms with E-state index in [1.54, 1.807) is 7.11 Å². The van der Waals surface area contributed by atoms with Crippen LogP contribution in [-0.2, 0) is 16.0 Å². The van der Waals surface area contributed by atoms with Gasteiger partial charge in [0.05, 0.1) is 5.60 Å². The van der Waals surface area contributed by atoms with E-state index < -0.39 is 0 Å². The van der Waals surface area contributed by atoms with Crippen LogP contribution in [0.25, 0.3) is 0 Å². The molecule has 0 spiro atoms. The summed E-state index contributed by atoms with van der Waals surface area (Å²) in [7, 11) is 1.74. The van der Waals surface area contributed by atoms with Crippen molar-refractivity contribution in [3.63, 3.8) is 0 Å². The molecule has 1 atom stereocenters. The smallest absolute Gasteiger partial charge is 0.120 e. The van der Waals surface area contributed by atoms with Crippen molar-refractivity contribution < 1.29 is 9.53 Å². The summed E-state index contributed by atoms with van der Waals surface area (Å²) < 4.78 is 5.41. The van der Waals surface area contributed by atoms with Crippen LogP contribution in [0.3, 0.4) is 0 Å². The maximum atomic E-state index is 10.5. The van der Waals surface area contributed by atoms with E-state index in [2.05, 4.69) is 45.0 Å². The molecule has 1 aromatic carbocycles. The third-order valence-corrected chi connectivity index (χ3v) is 3.18.